The first kappa shape index (κ1) is 8.44. The number of nitrogens with zero attached hydrogens (tertiary/aromatic N) is 2. The molecular formula is C10H12N2OS. The minimum absolute atomic E-state index is 0.516. The van der Waals surface area contributed by atoms with E-state index in [1.54, 1.807) is 11.3 Å². The number of ether oxygens (including phenoxy) is 1. The summed E-state index contributed by atoms with van der Waals surface area (Å²) < 4.78 is 7.56. The maximum absolute atomic E-state index is 5.39. The molecule has 14 heavy (non-hydrogen) atoms. The van der Waals surface area contributed by atoms with Crippen molar-refractivity contribution < 1.29 is 4.74 Å². The van der Waals surface area contributed by atoms with Gasteiger partial charge in [0.1, 0.15) is 0 Å². The summed E-state index contributed by atoms with van der Waals surface area (Å²) in [6, 6.07) is 0. The Hall–Kier alpha value is -0.870. The minimum atomic E-state index is 0.516. The fourth-order valence-corrected chi connectivity index (χ4v) is 2.82. The molecule has 0 aromatic carbocycles. The van der Waals surface area contributed by atoms with Gasteiger partial charge in [0.15, 0.2) is 4.96 Å². The first-order valence-corrected chi connectivity index (χ1v) is 5.74. The van der Waals surface area contributed by atoms with Gasteiger partial charge in [0, 0.05) is 29.8 Å². The molecule has 1 saturated heterocycles. The summed E-state index contributed by atoms with van der Waals surface area (Å²) in [7, 11) is 0. The standard InChI is InChI=1S/C10H12N2OS/c1-7-9(8-2-4-13-6-8)11-10-12(7)3-5-14-10/h3,5,8H,2,4,6H2,1H3. The average molecular weight is 208 g/mol. The lowest BCUT2D eigenvalue weighted by atomic mass is 10.0. The first-order chi connectivity index (χ1) is 6.86. The van der Waals surface area contributed by atoms with Crippen molar-refractivity contribution in [1.82, 2.24) is 9.38 Å². The zero-order valence-electron chi connectivity index (χ0n) is 8.06. The van der Waals surface area contributed by atoms with E-state index in [-0.39, 0.29) is 0 Å². The second-order valence-electron chi connectivity index (χ2n) is 3.70. The van der Waals surface area contributed by atoms with Crippen molar-refractivity contribution in [1.29, 1.82) is 0 Å². The fourth-order valence-electron chi connectivity index (χ4n) is 2.05. The molecule has 1 aliphatic heterocycles. The molecule has 0 N–H and O–H groups in total. The van der Waals surface area contributed by atoms with Crippen LogP contribution in [0.3, 0.4) is 0 Å². The molecule has 1 unspecified atom stereocenters. The second-order valence-corrected chi connectivity index (χ2v) is 4.57. The summed E-state index contributed by atoms with van der Waals surface area (Å²) >= 11 is 1.69. The molecule has 2 aromatic rings. The fraction of sp³-hybridized carbons (Fsp3) is 0.500. The predicted octanol–water partition coefficient (Wildman–Crippen LogP) is 2.21. The number of rotatable bonds is 1. The summed E-state index contributed by atoms with van der Waals surface area (Å²) in [6.07, 6.45) is 3.20. The SMILES string of the molecule is Cc1c(C2CCOC2)nc2sccn12. The highest BCUT2D eigenvalue weighted by molar-refractivity contribution is 7.15. The third-order valence-corrected chi connectivity index (χ3v) is 3.61. The normalized spacial score (nSPS) is 22.2. The number of aryl methyl sites for hydroxylation is 1. The van der Waals surface area contributed by atoms with E-state index in [1.807, 2.05) is 0 Å². The Morgan fingerprint density at radius 3 is 3.29 bits per heavy atom. The highest BCUT2D eigenvalue weighted by Crippen LogP contribution is 2.28. The Morgan fingerprint density at radius 2 is 2.57 bits per heavy atom. The topological polar surface area (TPSA) is 26.5 Å². The monoisotopic (exact) mass is 208 g/mol. The number of fused-ring (bicyclic) bond motifs is 1. The third kappa shape index (κ3) is 1.11. The number of aromatic nitrogens is 2. The minimum Gasteiger partial charge on any atom is -0.381 e. The molecule has 1 atom stereocenters. The van der Waals surface area contributed by atoms with Crippen molar-refractivity contribution >= 4 is 16.3 Å². The van der Waals surface area contributed by atoms with Crippen LogP contribution in [0.1, 0.15) is 23.7 Å². The summed E-state index contributed by atoms with van der Waals surface area (Å²) in [4.78, 5) is 5.76. The van der Waals surface area contributed by atoms with E-state index >= 15 is 0 Å². The van der Waals surface area contributed by atoms with Crippen LogP contribution in [-0.2, 0) is 4.74 Å². The first-order valence-electron chi connectivity index (χ1n) is 4.86. The lowest BCUT2D eigenvalue weighted by Gasteiger charge is -2.04. The zero-order valence-corrected chi connectivity index (χ0v) is 8.88. The van der Waals surface area contributed by atoms with Crippen LogP contribution in [0.25, 0.3) is 4.96 Å². The Balaban J connectivity index is 2.11. The number of imidazole rings is 1. The van der Waals surface area contributed by atoms with Gasteiger partial charge in [-0.2, -0.15) is 0 Å². The molecule has 3 nitrogen and oxygen atoms in total. The second kappa shape index (κ2) is 3.07. The highest BCUT2D eigenvalue weighted by Gasteiger charge is 2.23. The third-order valence-electron chi connectivity index (χ3n) is 2.85. The zero-order chi connectivity index (χ0) is 9.54. The van der Waals surface area contributed by atoms with Crippen LogP contribution in [0.5, 0.6) is 0 Å². The molecule has 74 valence electrons. The lowest BCUT2D eigenvalue weighted by molar-refractivity contribution is 0.193. The molecule has 0 spiro atoms. The van der Waals surface area contributed by atoms with Gasteiger partial charge in [-0.15, -0.1) is 11.3 Å². The molecule has 3 heterocycles. The molecule has 0 saturated carbocycles. The molecule has 3 rings (SSSR count). The molecule has 0 aliphatic carbocycles. The molecule has 1 fully saturated rings. The van der Waals surface area contributed by atoms with Gasteiger partial charge >= 0.3 is 0 Å². The van der Waals surface area contributed by atoms with Crippen molar-refractivity contribution in [3.8, 4) is 0 Å². The van der Waals surface area contributed by atoms with Crippen molar-refractivity contribution in [2.75, 3.05) is 13.2 Å². The van der Waals surface area contributed by atoms with E-state index in [0.717, 1.165) is 24.6 Å². The van der Waals surface area contributed by atoms with Crippen molar-refractivity contribution in [3.63, 3.8) is 0 Å². The Morgan fingerprint density at radius 1 is 1.64 bits per heavy atom. The highest BCUT2D eigenvalue weighted by atomic mass is 32.1. The van der Waals surface area contributed by atoms with Crippen molar-refractivity contribution in [2.24, 2.45) is 0 Å². The molecule has 0 amide bonds. The maximum Gasteiger partial charge on any atom is 0.194 e. The molecule has 1 aliphatic rings. The Kier molecular flexibility index (Phi) is 1.85. The van der Waals surface area contributed by atoms with Crippen LogP contribution in [0.2, 0.25) is 0 Å². The molecule has 4 heteroatoms. The van der Waals surface area contributed by atoms with Gasteiger partial charge in [0.05, 0.1) is 12.3 Å². The smallest absolute Gasteiger partial charge is 0.194 e. The van der Waals surface area contributed by atoms with Gasteiger partial charge in [-0.25, -0.2) is 4.98 Å². The van der Waals surface area contributed by atoms with Crippen LogP contribution < -0.4 is 0 Å². The number of thiazole rings is 1. The Bertz CT molecular complexity index is 454. The van der Waals surface area contributed by atoms with Gasteiger partial charge in [-0.3, -0.25) is 4.40 Å². The van der Waals surface area contributed by atoms with Crippen LogP contribution >= 0.6 is 11.3 Å². The van der Waals surface area contributed by atoms with Gasteiger partial charge in [-0.1, -0.05) is 0 Å². The molecular weight excluding hydrogens is 196 g/mol. The summed E-state index contributed by atoms with van der Waals surface area (Å²) in [5.41, 5.74) is 2.51. The van der Waals surface area contributed by atoms with Crippen LogP contribution in [-0.4, -0.2) is 22.6 Å². The van der Waals surface area contributed by atoms with E-state index in [2.05, 4.69) is 27.9 Å². The summed E-state index contributed by atoms with van der Waals surface area (Å²) in [6.45, 7) is 3.86. The van der Waals surface area contributed by atoms with Gasteiger partial charge in [0.25, 0.3) is 0 Å². The molecule has 2 aromatic heterocycles. The van der Waals surface area contributed by atoms with E-state index in [1.165, 1.54) is 11.4 Å². The lowest BCUT2D eigenvalue weighted by Crippen LogP contribution is -2.00. The van der Waals surface area contributed by atoms with Crippen LogP contribution in [0, 0.1) is 6.92 Å². The van der Waals surface area contributed by atoms with Gasteiger partial charge < -0.3 is 4.74 Å². The molecule has 0 radical (unpaired) electrons. The number of hydrogen-bond donors (Lipinski definition) is 0. The summed E-state index contributed by atoms with van der Waals surface area (Å²) in [5.74, 6) is 0.516. The predicted molar refractivity (Wildman–Crippen MR) is 56.0 cm³/mol. The maximum atomic E-state index is 5.39. The average Bonchev–Trinajstić information content (AvgIpc) is 2.84. The summed E-state index contributed by atoms with van der Waals surface area (Å²) in [5, 5.41) is 2.07. The van der Waals surface area contributed by atoms with E-state index in [0.29, 0.717) is 5.92 Å². The van der Waals surface area contributed by atoms with Crippen molar-refractivity contribution in [3.05, 3.63) is 23.0 Å². The van der Waals surface area contributed by atoms with Crippen molar-refractivity contribution in [2.45, 2.75) is 19.3 Å². The molecule has 0 bridgehead atoms. The Labute approximate surface area is 86.3 Å². The number of hydrogen-bond acceptors (Lipinski definition) is 3. The largest absolute Gasteiger partial charge is 0.381 e. The van der Waals surface area contributed by atoms with Gasteiger partial charge in [-0.05, 0) is 13.3 Å². The van der Waals surface area contributed by atoms with E-state index in [4.69, 9.17) is 4.74 Å². The van der Waals surface area contributed by atoms with E-state index in [9.17, 15) is 0 Å². The quantitative estimate of drug-likeness (QED) is 0.718. The van der Waals surface area contributed by atoms with Crippen LogP contribution in [0.15, 0.2) is 11.6 Å². The van der Waals surface area contributed by atoms with Crippen LogP contribution in [0.4, 0.5) is 0 Å². The van der Waals surface area contributed by atoms with Gasteiger partial charge in [0.2, 0.25) is 0 Å². The van der Waals surface area contributed by atoms with E-state index < -0.39 is 0 Å².